The highest BCUT2D eigenvalue weighted by Gasteiger charge is 2.30. The molecular weight excluding hydrogens is 373 g/mol. The Morgan fingerprint density at radius 2 is 1.86 bits per heavy atom. The molecule has 0 aliphatic rings. The van der Waals surface area contributed by atoms with Crippen LogP contribution in [-0.2, 0) is 6.18 Å². The zero-order valence-corrected chi connectivity index (χ0v) is 14.7. The molecule has 1 aromatic carbocycles. The highest BCUT2D eigenvalue weighted by atomic mass is 19.4. The molecule has 0 saturated carbocycles. The summed E-state index contributed by atoms with van der Waals surface area (Å²) in [7, 11) is 0. The predicted octanol–water partition coefficient (Wildman–Crippen LogP) is 3.62. The van der Waals surface area contributed by atoms with Crippen molar-refractivity contribution in [1.82, 2.24) is 19.9 Å². The van der Waals surface area contributed by atoms with Crippen molar-refractivity contribution in [2.24, 2.45) is 0 Å². The molecule has 9 heteroatoms. The molecule has 6 nitrogen and oxygen atoms in total. The van der Waals surface area contributed by atoms with Crippen LogP contribution in [0, 0.1) is 0 Å². The summed E-state index contributed by atoms with van der Waals surface area (Å²) >= 11 is 0. The minimum Gasteiger partial charge on any atom is -0.304 e. The van der Waals surface area contributed by atoms with Crippen LogP contribution in [0.25, 0.3) is 11.6 Å². The Bertz CT molecular complexity index is 1050. The van der Waals surface area contributed by atoms with Gasteiger partial charge < -0.3 is 4.98 Å². The van der Waals surface area contributed by atoms with Crippen molar-refractivity contribution in [3.8, 4) is 11.6 Å². The standard InChI is InChI=1S/C19H15F3N4O2/c1-11(12-4-2-5-13(9-12)19(20,21)22)8-15(27)14-10-16(28)26-18(25-14)17-23-6-3-7-24-17/h2-7,9-11H,8H2,1H3,(H,25,26,28)/t11-/m0/s1. The molecule has 144 valence electrons. The number of ketones is 1. The van der Waals surface area contributed by atoms with E-state index < -0.39 is 29.0 Å². The average Bonchev–Trinajstić information content (AvgIpc) is 2.67. The van der Waals surface area contributed by atoms with Crippen LogP contribution in [-0.4, -0.2) is 25.7 Å². The Morgan fingerprint density at radius 1 is 1.14 bits per heavy atom. The Hall–Kier alpha value is -3.36. The third kappa shape index (κ3) is 4.48. The fourth-order valence-electron chi connectivity index (χ4n) is 2.65. The maximum atomic E-state index is 12.9. The van der Waals surface area contributed by atoms with Gasteiger partial charge in [0.05, 0.1) is 5.56 Å². The van der Waals surface area contributed by atoms with Crippen LogP contribution in [0.1, 0.15) is 40.9 Å². The van der Waals surface area contributed by atoms with Crippen molar-refractivity contribution >= 4 is 5.78 Å². The molecule has 0 fully saturated rings. The first kappa shape index (κ1) is 19.4. The Balaban J connectivity index is 1.84. The molecule has 2 aromatic heterocycles. The third-order valence-electron chi connectivity index (χ3n) is 4.08. The second kappa shape index (κ2) is 7.71. The fraction of sp³-hybridized carbons (Fsp3) is 0.211. The molecule has 3 rings (SSSR count). The first-order chi connectivity index (χ1) is 13.2. The number of halogens is 3. The van der Waals surface area contributed by atoms with Gasteiger partial charge in [0.1, 0.15) is 5.69 Å². The second-order valence-electron chi connectivity index (χ2n) is 6.20. The maximum absolute atomic E-state index is 12.9. The van der Waals surface area contributed by atoms with Crippen LogP contribution >= 0.6 is 0 Å². The second-order valence-corrected chi connectivity index (χ2v) is 6.20. The van der Waals surface area contributed by atoms with Crippen LogP contribution in [0.2, 0.25) is 0 Å². The lowest BCUT2D eigenvalue weighted by Crippen LogP contribution is -2.16. The van der Waals surface area contributed by atoms with Crippen LogP contribution in [0.3, 0.4) is 0 Å². The number of benzene rings is 1. The lowest BCUT2D eigenvalue weighted by atomic mass is 9.93. The van der Waals surface area contributed by atoms with E-state index in [4.69, 9.17) is 0 Å². The van der Waals surface area contributed by atoms with E-state index in [0.29, 0.717) is 5.56 Å². The van der Waals surface area contributed by atoms with E-state index in [1.54, 1.807) is 13.0 Å². The Morgan fingerprint density at radius 3 is 2.54 bits per heavy atom. The molecule has 1 N–H and O–H groups in total. The number of carbonyl (C=O) groups excluding carboxylic acids is 1. The molecule has 0 aliphatic heterocycles. The summed E-state index contributed by atoms with van der Waals surface area (Å²) in [5.41, 5.74) is -1.04. The highest BCUT2D eigenvalue weighted by molar-refractivity contribution is 5.94. The van der Waals surface area contributed by atoms with Crippen LogP contribution in [0.15, 0.2) is 53.6 Å². The Kier molecular flexibility index (Phi) is 5.34. The van der Waals surface area contributed by atoms with E-state index in [2.05, 4.69) is 19.9 Å². The smallest absolute Gasteiger partial charge is 0.304 e. The largest absolute Gasteiger partial charge is 0.416 e. The van der Waals surface area contributed by atoms with Gasteiger partial charge in [0.15, 0.2) is 17.4 Å². The Labute approximate surface area is 157 Å². The van der Waals surface area contributed by atoms with Crippen molar-refractivity contribution in [1.29, 1.82) is 0 Å². The van der Waals surface area contributed by atoms with E-state index in [9.17, 15) is 22.8 Å². The molecule has 0 aliphatic carbocycles. The zero-order chi connectivity index (χ0) is 20.3. The number of hydrogen-bond acceptors (Lipinski definition) is 5. The number of aromatic nitrogens is 4. The van der Waals surface area contributed by atoms with Gasteiger partial charge in [-0.05, 0) is 23.6 Å². The van der Waals surface area contributed by atoms with Gasteiger partial charge in [-0.1, -0.05) is 25.1 Å². The minimum atomic E-state index is -4.46. The summed E-state index contributed by atoms with van der Waals surface area (Å²) in [4.78, 5) is 38.9. The lowest BCUT2D eigenvalue weighted by molar-refractivity contribution is -0.137. The molecule has 0 saturated heterocycles. The van der Waals surface area contributed by atoms with E-state index in [0.717, 1.165) is 18.2 Å². The van der Waals surface area contributed by atoms with Crippen molar-refractivity contribution < 1.29 is 18.0 Å². The summed E-state index contributed by atoms with van der Waals surface area (Å²) in [5, 5.41) is 0. The first-order valence-corrected chi connectivity index (χ1v) is 8.33. The first-order valence-electron chi connectivity index (χ1n) is 8.33. The van der Waals surface area contributed by atoms with Gasteiger partial charge >= 0.3 is 6.18 Å². The quantitative estimate of drug-likeness (QED) is 0.675. The summed E-state index contributed by atoms with van der Waals surface area (Å²) in [6, 6.07) is 7.47. The number of nitrogens with zero attached hydrogens (tertiary/aromatic N) is 3. The molecule has 0 amide bonds. The molecule has 28 heavy (non-hydrogen) atoms. The summed E-state index contributed by atoms with van der Waals surface area (Å²) in [6.07, 6.45) is -1.63. The number of nitrogens with one attached hydrogen (secondary N) is 1. The topological polar surface area (TPSA) is 88.6 Å². The monoisotopic (exact) mass is 388 g/mol. The molecule has 3 aromatic rings. The zero-order valence-electron chi connectivity index (χ0n) is 14.7. The van der Waals surface area contributed by atoms with Crippen LogP contribution in [0.4, 0.5) is 13.2 Å². The van der Waals surface area contributed by atoms with Crippen molar-refractivity contribution in [3.63, 3.8) is 0 Å². The van der Waals surface area contributed by atoms with Gasteiger partial charge in [-0.15, -0.1) is 0 Å². The van der Waals surface area contributed by atoms with E-state index in [-0.39, 0.29) is 23.8 Å². The number of carbonyl (C=O) groups is 1. The molecule has 1 atom stereocenters. The normalized spacial score (nSPS) is 12.6. The van der Waals surface area contributed by atoms with Gasteiger partial charge in [-0.25, -0.2) is 15.0 Å². The van der Waals surface area contributed by atoms with Crippen molar-refractivity contribution in [2.45, 2.75) is 25.4 Å². The molecule has 0 radical (unpaired) electrons. The van der Waals surface area contributed by atoms with E-state index >= 15 is 0 Å². The number of Topliss-reactive ketones (excluding diaryl/α,β-unsaturated/α-hetero) is 1. The fourth-order valence-corrected chi connectivity index (χ4v) is 2.65. The van der Waals surface area contributed by atoms with Gasteiger partial charge in [-0.2, -0.15) is 13.2 Å². The van der Waals surface area contributed by atoms with Gasteiger partial charge in [-0.3, -0.25) is 9.59 Å². The van der Waals surface area contributed by atoms with E-state index in [1.165, 1.54) is 24.5 Å². The van der Waals surface area contributed by atoms with Crippen molar-refractivity contribution in [2.75, 3.05) is 0 Å². The van der Waals surface area contributed by atoms with Crippen molar-refractivity contribution in [3.05, 3.63) is 76.0 Å². The maximum Gasteiger partial charge on any atom is 0.416 e. The summed E-state index contributed by atoms with van der Waals surface area (Å²) in [6.45, 7) is 1.64. The summed E-state index contributed by atoms with van der Waals surface area (Å²) < 4.78 is 38.6. The SMILES string of the molecule is C[C@@H](CC(=O)c1cc(=O)[nH]c(-c2ncccn2)n1)c1cccc(C(F)(F)F)c1. The van der Waals surface area contributed by atoms with Gasteiger partial charge in [0.2, 0.25) is 0 Å². The molecule has 0 bridgehead atoms. The molecule has 0 unspecified atom stereocenters. The van der Waals surface area contributed by atoms with E-state index in [1.807, 2.05) is 0 Å². The predicted molar refractivity (Wildman–Crippen MR) is 94.7 cm³/mol. The minimum absolute atomic E-state index is 0.0446. The molecule has 0 spiro atoms. The highest BCUT2D eigenvalue weighted by Crippen LogP contribution is 2.32. The molecule has 2 heterocycles. The number of hydrogen-bond donors (Lipinski definition) is 1. The average molecular weight is 388 g/mol. The molecular formula is C19H15F3N4O2. The lowest BCUT2D eigenvalue weighted by Gasteiger charge is -2.14. The van der Waals surface area contributed by atoms with Crippen LogP contribution in [0.5, 0.6) is 0 Å². The number of alkyl halides is 3. The number of rotatable bonds is 5. The third-order valence-corrected chi connectivity index (χ3v) is 4.08. The number of aromatic amines is 1. The van der Waals surface area contributed by atoms with Gasteiger partial charge in [0, 0.05) is 24.9 Å². The van der Waals surface area contributed by atoms with Crippen LogP contribution < -0.4 is 5.56 Å². The van der Waals surface area contributed by atoms with Gasteiger partial charge in [0.25, 0.3) is 5.56 Å². The summed E-state index contributed by atoms with van der Waals surface area (Å²) in [5.74, 6) is -0.760. The number of H-pyrrole nitrogens is 1.